The smallest absolute Gasteiger partial charge is 0.306 e. The van der Waals surface area contributed by atoms with Crippen molar-refractivity contribution in [2.75, 3.05) is 40.9 Å². The third kappa shape index (κ3) is 57.0. The van der Waals surface area contributed by atoms with Crippen LogP contribution in [0.5, 0.6) is 0 Å². The van der Waals surface area contributed by atoms with E-state index in [2.05, 4.69) is 38.2 Å². The number of allylic oxidation sites excluding steroid dienone is 3. The Morgan fingerprint density at radius 3 is 1.13 bits per heavy atom. The van der Waals surface area contributed by atoms with Crippen LogP contribution in [0.3, 0.4) is 0 Å². The number of nitrogens with one attached hydrogen (secondary N) is 1. The monoisotopic (exact) mass is 1080 g/mol. The molecule has 0 heterocycles. The molecule has 75 heavy (non-hydrogen) atoms. The summed E-state index contributed by atoms with van der Waals surface area (Å²) < 4.78 is 30.3. The highest BCUT2D eigenvalue weighted by molar-refractivity contribution is 7.45. The molecule has 1 N–H and O–H groups in total. The van der Waals surface area contributed by atoms with Gasteiger partial charge in [0.2, 0.25) is 5.91 Å². The molecule has 0 spiro atoms. The van der Waals surface area contributed by atoms with E-state index >= 15 is 0 Å². The van der Waals surface area contributed by atoms with E-state index in [1.165, 1.54) is 225 Å². The molecular weight excluding hydrogens is 952 g/mol. The maximum absolute atomic E-state index is 13.5. The summed E-state index contributed by atoms with van der Waals surface area (Å²) in [6, 6.07) is -0.885. The van der Waals surface area contributed by atoms with Crippen molar-refractivity contribution in [1.29, 1.82) is 0 Å². The second-order valence-corrected chi connectivity index (χ2v) is 25.0. The van der Waals surface area contributed by atoms with Gasteiger partial charge in [-0.2, -0.15) is 0 Å². The summed E-state index contributed by atoms with van der Waals surface area (Å²) in [4.78, 5) is 40.0. The number of carbonyl (C=O) groups is 2. The van der Waals surface area contributed by atoms with Gasteiger partial charge >= 0.3 is 5.97 Å². The maximum Gasteiger partial charge on any atom is 0.306 e. The van der Waals surface area contributed by atoms with Crippen LogP contribution < -0.4 is 10.2 Å². The van der Waals surface area contributed by atoms with Gasteiger partial charge in [-0.3, -0.25) is 14.2 Å². The van der Waals surface area contributed by atoms with Crippen LogP contribution in [0.25, 0.3) is 0 Å². The van der Waals surface area contributed by atoms with E-state index in [0.29, 0.717) is 17.4 Å². The van der Waals surface area contributed by atoms with Gasteiger partial charge in [0.1, 0.15) is 19.3 Å². The Kier molecular flexibility index (Phi) is 54.7. The van der Waals surface area contributed by atoms with E-state index in [0.717, 1.165) is 70.6 Å². The van der Waals surface area contributed by atoms with E-state index in [4.69, 9.17) is 13.8 Å². The summed E-state index contributed by atoms with van der Waals surface area (Å²) in [5.41, 5.74) is 0. The highest BCUT2D eigenvalue weighted by atomic mass is 31.2. The molecule has 0 aliphatic carbocycles. The first-order valence-electron chi connectivity index (χ1n) is 32.6. The Bertz CT molecular complexity index is 1340. The zero-order valence-corrected chi connectivity index (χ0v) is 51.7. The summed E-state index contributed by atoms with van der Waals surface area (Å²) in [6.45, 7) is 6.88. The first kappa shape index (κ1) is 73.5. The molecule has 0 radical (unpaired) electrons. The zero-order chi connectivity index (χ0) is 55.0. The second-order valence-electron chi connectivity index (χ2n) is 23.6. The predicted molar refractivity (Wildman–Crippen MR) is 321 cm³/mol. The molecule has 3 atom stereocenters. The number of rotatable bonds is 60. The number of unbranched alkanes of at least 4 members (excludes halogenated alkanes) is 42. The largest absolute Gasteiger partial charge is 0.756 e. The van der Waals surface area contributed by atoms with E-state index in [-0.39, 0.29) is 31.5 Å². The van der Waals surface area contributed by atoms with Crippen LogP contribution in [0, 0.1) is 0 Å². The van der Waals surface area contributed by atoms with Crippen LogP contribution in [0.15, 0.2) is 24.3 Å². The summed E-state index contributed by atoms with van der Waals surface area (Å²) in [5, 5.41) is 3.03. The van der Waals surface area contributed by atoms with Gasteiger partial charge in [0, 0.05) is 12.8 Å². The highest BCUT2D eigenvalue weighted by Crippen LogP contribution is 2.38. The van der Waals surface area contributed by atoms with E-state index in [1.54, 1.807) is 0 Å². The molecule has 10 heteroatoms. The number of likely N-dealkylation sites (N-methyl/N-ethyl adjacent to an activating group) is 1. The van der Waals surface area contributed by atoms with Crippen LogP contribution in [0.4, 0.5) is 0 Å². The molecule has 1 amide bonds. The van der Waals surface area contributed by atoms with Crippen molar-refractivity contribution < 1.29 is 37.3 Å². The minimum Gasteiger partial charge on any atom is -0.756 e. The second kappa shape index (κ2) is 55.8. The molecule has 0 fully saturated rings. The lowest BCUT2D eigenvalue weighted by Crippen LogP contribution is -2.47. The summed E-state index contributed by atoms with van der Waals surface area (Å²) in [5.74, 6) is -0.528. The molecule has 0 aromatic carbocycles. The normalized spacial score (nSPS) is 13.7. The maximum atomic E-state index is 13.5. The fraction of sp³-hybridized carbons (Fsp3) is 0.908. The molecule has 0 aliphatic rings. The third-order valence-corrected chi connectivity index (χ3v) is 15.8. The van der Waals surface area contributed by atoms with Crippen molar-refractivity contribution >= 4 is 19.7 Å². The van der Waals surface area contributed by atoms with E-state index in [1.807, 2.05) is 33.3 Å². The number of ether oxygens (including phenoxy) is 1. The van der Waals surface area contributed by atoms with Crippen molar-refractivity contribution in [1.82, 2.24) is 5.32 Å². The first-order chi connectivity index (χ1) is 36.4. The Labute approximate surface area is 466 Å². The number of esters is 1. The van der Waals surface area contributed by atoms with Crippen LogP contribution >= 0.6 is 7.82 Å². The van der Waals surface area contributed by atoms with Gasteiger partial charge in [-0.15, -0.1) is 0 Å². The number of nitrogens with zero attached hydrogens (tertiary/aromatic N) is 1. The van der Waals surface area contributed by atoms with Crippen LogP contribution in [-0.2, 0) is 27.9 Å². The third-order valence-electron chi connectivity index (χ3n) is 14.9. The Morgan fingerprint density at radius 2 is 0.773 bits per heavy atom. The molecule has 444 valence electrons. The quantitative estimate of drug-likeness (QED) is 0.0212. The molecule has 9 nitrogen and oxygen atoms in total. The lowest BCUT2D eigenvalue weighted by atomic mass is 10.0. The van der Waals surface area contributed by atoms with Crippen LogP contribution in [0.1, 0.15) is 329 Å². The minimum absolute atomic E-state index is 0.0196. The van der Waals surface area contributed by atoms with Crippen molar-refractivity contribution in [2.45, 2.75) is 341 Å². The van der Waals surface area contributed by atoms with Gasteiger partial charge in [-0.1, -0.05) is 283 Å². The minimum atomic E-state index is -4.69. The predicted octanol–water partition coefficient (Wildman–Crippen LogP) is 19.5. The van der Waals surface area contributed by atoms with Gasteiger partial charge in [0.25, 0.3) is 7.82 Å². The molecule has 3 unspecified atom stereocenters. The molecule has 0 saturated heterocycles. The summed E-state index contributed by atoms with van der Waals surface area (Å²) in [6.07, 6.45) is 65.8. The molecule has 0 saturated carbocycles. The molecular formula is C65H127N2O7P. The molecule has 0 aromatic rings. The SMILES string of the molecule is CCCCCCCC/C=C/CCCCCCCCCC(=O)NC(COP(=O)([O-])OCC[N+](C)(C)C)C(/C=C/CCCCCCCCCCC)OC(=O)CCCCCCCCCCCCCCCCCCCCCCC. The Balaban J connectivity index is 5.11. The number of quaternary nitrogens is 1. The van der Waals surface area contributed by atoms with Gasteiger partial charge in [-0.05, 0) is 57.4 Å². The first-order valence-corrected chi connectivity index (χ1v) is 34.1. The lowest BCUT2D eigenvalue weighted by Gasteiger charge is -2.30. The number of hydrogen-bond donors (Lipinski definition) is 1. The molecule has 0 rings (SSSR count). The lowest BCUT2D eigenvalue weighted by molar-refractivity contribution is -0.870. The summed E-state index contributed by atoms with van der Waals surface area (Å²) >= 11 is 0. The van der Waals surface area contributed by atoms with Gasteiger partial charge in [0.05, 0.1) is 33.8 Å². The van der Waals surface area contributed by atoms with Crippen molar-refractivity contribution in [3.05, 3.63) is 24.3 Å². The Morgan fingerprint density at radius 1 is 0.453 bits per heavy atom. The van der Waals surface area contributed by atoms with Crippen molar-refractivity contribution in [2.24, 2.45) is 0 Å². The molecule has 0 aromatic heterocycles. The zero-order valence-electron chi connectivity index (χ0n) is 50.8. The van der Waals surface area contributed by atoms with E-state index in [9.17, 15) is 19.0 Å². The molecule has 0 aliphatic heterocycles. The van der Waals surface area contributed by atoms with Crippen molar-refractivity contribution in [3.63, 3.8) is 0 Å². The standard InChI is InChI=1S/C65H127N2O7P/c1-7-10-13-16-19-22-25-27-29-31-32-33-34-36-38-40-43-46-49-52-55-58-65(69)74-63(56-53-50-47-44-41-24-21-18-15-12-9-3)62(61-73-75(70,71)72-60-59-67(4,5)6)66-64(68)57-54-51-48-45-42-39-37-35-30-28-26-23-20-17-14-11-8-2/h28,30,53,56,62-63H,7-27,29,31-52,54-55,57-61H2,1-6H3,(H-,66,68,70,71)/b30-28+,56-53+. The van der Waals surface area contributed by atoms with E-state index < -0.39 is 20.0 Å². The summed E-state index contributed by atoms with van der Waals surface area (Å²) in [7, 11) is 1.20. The number of amides is 1. The fourth-order valence-electron chi connectivity index (χ4n) is 9.81. The fourth-order valence-corrected chi connectivity index (χ4v) is 10.5. The van der Waals surface area contributed by atoms with Gasteiger partial charge in [-0.25, -0.2) is 0 Å². The highest BCUT2D eigenvalue weighted by Gasteiger charge is 2.27. The number of hydrogen-bond acceptors (Lipinski definition) is 7. The van der Waals surface area contributed by atoms with Crippen LogP contribution in [-0.4, -0.2) is 69.4 Å². The van der Waals surface area contributed by atoms with Crippen LogP contribution in [0.2, 0.25) is 0 Å². The van der Waals surface area contributed by atoms with Gasteiger partial charge in [0.15, 0.2) is 0 Å². The van der Waals surface area contributed by atoms with Crippen molar-refractivity contribution in [3.8, 4) is 0 Å². The Hall–Kier alpha value is -1.51. The molecule has 0 bridgehead atoms. The topological polar surface area (TPSA) is 114 Å². The average molecular weight is 1080 g/mol. The number of phosphoric ester groups is 1. The van der Waals surface area contributed by atoms with Gasteiger partial charge < -0.3 is 28.5 Å². The average Bonchev–Trinajstić information content (AvgIpc) is 3.37. The number of carbonyl (C=O) groups excluding carboxylic acids is 2. The number of phosphoric acid groups is 1.